The zero-order chi connectivity index (χ0) is 13.1. The first-order valence-electron chi connectivity index (χ1n) is 5.51. The molecule has 18 heavy (non-hydrogen) atoms. The summed E-state index contributed by atoms with van der Waals surface area (Å²) >= 11 is 9.26. The highest BCUT2D eigenvalue weighted by Crippen LogP contribution is 2.24. The number of halogens is 3. The first-order valence-corrected chi connectivity index (χ1v) is 6.68. The van der Waals surface area contributed by atoms with Gasteiger partial charge in [0.1, 0.15) is 5.82 Å². The maximum Gasteiger partial charge on any atom is 0.129 e. The van der Waals surface area contributed by atoms with Crippen LogP contribution in [0.15, 0.2) is 40.9 Å². The van der Waals surface area contributed by atoms with E-state index in [-0.39, 0.29) is 5.82 Å². The third-order valence-electron chi connectivity index (χ3n) is 2.75. The molecule has 0 bridgehead atoms. The average Bonchev–Trinajstić information content (AvgIpc) is 2.33. The second-order valence-corrected chi connectivity index (χ2v) is 5.32. The molecule has 0 aliphatic heterocycles. The summed E-state index contributed by atoms with van der Waals surface area (Å²) in [6.45, 7) is 2.36. The molecule has 0 aromatic heterocycles. The van der Waals surface area contributed by atoms with Crippen molar-refractivity contribution in [2.75, 3.05) is 5.32 Å². The van der Waals surface area contributed by atoms with Gasteiger partial charge in [-0.15, -0.1) is 0 Å². The van der Waals surface area contributed by atoms with Gasteiger partial charge in [-0.2, -0.15) is 0 Å². The van der Waals surface area contributed by atoms with Gasteiger partial charge in [0.25, 0.3) is 0 Å². The topological polar surface area (TPSA) is 12.0 Å². The van der Waals surface area contributed by atoms with Crippen LogP contribution in [0.5, 0.6) is 0 Å². The molecule has 0 amide bonds. The Bertz CT molecular complexity index is 572. The Morgan fingerprint density at radius 2 is 2.06 bits per heavy atom. The van der Waals surface area contributed by atoms with Crippen LogP contribution < -0.4 is 5.32 Å². The van der Waals surface area contributed by atoms with E-state index in [9.17, 15) is 4.39 Å². The van der Waals surface area contributed by atoms with E-state index in [1.165, 1.54) is 6.07 Å². The van der Waals surface area contributed by atoms with Gasteiger partial charge in [0.2, 0.25) is 0 Å². The van der Waals surface area contributed by atoms with Crippen LogP contribution in [-0.2, 0) is 6.54 Å². The van der Waals surface area contributed by atoms with Crippen molar-refractivity contribution >= 4 is 33.2 Å². The van der Waals surface area contributed by atoms with Gasteiger partial charge < -0.3 is 5.32 Å². The molecule has 2 aromatic carbocycles. The second kappa shape index (κ2) is 5.72. The van der Waals surface area contributed by atoms with Crippen LogP contribution in [0.3, 0.4) is 0 Å². The summed E-state index contributed by atoms with van der Waals surface area (Å²) in [5.41, 5.74) is 2.51. The number of rotatable bonds is 3. The molecule has 4 heteroatoms. The summed E-state index contributed by atoms with van der Waals surface area (Å²) in [5.74, 6) is -0.225. The zero-order valence-electron chi connectivity index (χ0n) is 9.81. The second-order valence-electron chi connectivity index (χ2n) is 4.00. The van der Waals surface area contributed by atoms with Crippen LogP contribution in [0.4, 0.5) is 10.1 Å². The van der Waals surface area contributed by atoms with Crippen molar-refractivity contribution in [1.29, 1.82) is 0 Å². The lowest BCUT2D eigenvalue weighted by Crippen LogP contribution is -2.03. The fraction of sp³-hybridized carbons (Fsp3) is 0.143. The van der Waals surface area contributed by atoms with Crippen molar-refractivity contribution in [3.63, 3.8) is 0 Å². The van der Waals surface area contributed by atoms with Gasteiger partial charge in [-0.3, -0.25) is 0 Å². The van der Waals surface area contributed by atoms with Crippen LogP contribution in [-0.4, -0.2) is 0 Å². The van der Waals surface area contributed by atoms with Gasteiger partial charge in [-0.1, -0.05) is 39.7 Å². The van der Waals surface area contributed by atoms with Crippen LogP contribution in [0.1, 0.15) is 11.1 Å². The first kappa shape index (κ1) is 13.4. The Hall–Kier alpha value is -1.06. The fourth-order valence-electron chi connectivity index (χ4n) is 1.65. The van der Waals surface area contributed by atoms with Gasteiger partial charge >= 0.3 is 0 Å². The van der Waals surface area contributed by atoms with Gasteiger partial charge in [-0.25, -0.2) is 4.39 Å². The van der Waals surface area contributed by atoms with Gasteiger partial charge in [-0.05, 0) is 36.8 Å². The molecule has 0 aliphatic rings. The van der Waals surface area contributed by atoms with Crippen LogP contribution in [0.2, 0.25) is 5.02 Å². The highest BCUT2D eigenvalue weighted by molar-refractivity contribution is 9.10. The number of hydrogen-bond donors (Lipinski definition) is 1. The van der Waals surface area contributed by atoms with Crippen molar-refractivity contribution in [3.05, 3.63) is 62.8 Å². The predicted octanol–water partition coefficient (Wildman–Crippen LogP) is 5.16. The normalized spacial score (nSPS) is 10.4. The molecule has 0 unspecified atom stereocenters. The van der Waals surface area contributed by atoms with E-state index in [4.69, 9.17) is 11.6 Å². The Kier molecular flexibility index (Phi) is 4.25. The Morgan fingerprint density at radius 3 is 2.78 bits per heavy atom. The molecular formula is C14H12BrClFN. The van der Waals surface area contributed by atoms with Crippen molar-refractivity contribution < 1.29 is 4.39 Å². The van der Waals surface area contributed by atoms with Crippen molar-refractivity contribution in [2.24, 2.45) is 0 Å². The fourth-order valence-corrected chi connectivity index (χ4v) is 2.16. The SMILES string of the molecule is Cc1c(Cl)cccc1NCc1ccc(Br)cc1F. The van der Waals surface area contributed by atoms with Crippen LogP contribution >= 0.6 is 27.5 Å². The van der Waals surface area contributed by atoms with E-state index in [0.717, 1.165) is 15.7 Å². The molecule has 0 spiro atoms. The standard InChI is InChI=1S/C14H12BrClFN/c1-9-12(16)3-2-4-14(9)18-8-10-5-6-11(15)7-13(10)17/h2-7,18H,8H2,1H3. The molecule has 0 atom stereocenters. The molecular weight excluding hydrogens is 317 g/mol. The molecule has 0 aliphatic carbocycles. The highest BCUT2D eigenvalue weighted by atomic mass is 79.9. The third-order valence-corrected chi connectivity index (χ3v) is 3.65. The molecule has 1 N–H and O–H groups in total. The van der Waals surface area contributed by atoms with E-state index < -0.39 is 0 Å². The van der Waals surface area contributed by atoms with Crippen molar-refractivity contribution in [1.82, 2.24) is 0 Å². The predicted molar refractivity (Wildman–Crippen MR) is 77.6 cm³/mol. The lowest BCUT2D eigenvalue weighted by molar-refractivity contribution is 0.612. The quantitative estimate of drug-likeness (QED) is 0.820. The van der Waals surface area contributed by atoms with Crippen molar-refractivity contribution in [3.8, 4) is 0 Å². The largest absolute Gasteiger partial charge is 0.381 e. The molecule has 0 saturated heterocycles. The Balaban J connectivity index is 2.14. The minimum absolute atomic E-state index is 0.225. The summed E-state index contributed by atoms with van der Waals surface area (Å²) in [6, 6.07) is 10.7. The average molecular weight is 329 g/mol. The maximum absolute atomic E-state index is 13.6. The van der Waals surface area contributed by atoms with Gasteiger partial charge in [0.05, 0.1) is 0 Å². The van der Waals surface area contributed by atoms with Crippen molar-refractivity contribution in [2.45, 2.75) is 13.5 Å². The monoisotopic (exact) mass is 327 g/mol. The summed E-state index contributed by atoms with van der Waals surface area (Å²) in [4.78, 5) is 0. The van der Waals surface area contributed by atoms with E-state index >= 15 is 0 Å². The molecule has 2 aromatic rings. The number of anilines is 1. The van der Waals surface area contributed by atoms with E-state index in [1.54, 1.807) is 6.07 Å². The summed E-state index contributed by atoms with van der Waals surface area (Å²) in [5, 5.41) is 3.90. The smallest absolute Gasteiger partial charge is 0.129 e. The summed E-state index contributed by atoms with van der Waals surface area (Å²) in [6.07, 6.45) is 0. The first-order chi connectivity index (χ1) is 8.58. The minimum Gasteiger partial charge on any atom is -0.381 e. The van der Waals surface area contributed by atoms with Gasteiger partial charge in [0, 0.05) is 27.3 Å². The maximum atomic E-state index is 13.6. The van der Waals surface area contributed by atoms with E-state index in [0.29, 0.717) is 17.1 Å². The van der Waals surface area contributed by atoms with Gasteiger partial charge in [0.15, 0.2) is 0 Å². The minimum atomic E-state index is -0.225. The lowest BCUT2D eigenvalue weighted by atomic mass is 10.1. The Morgan fingerprint density at radius 1 is 1.28 bits per heavy atom. The molecule has 0 radical (unpaired) electrons. The van der Waals surface area contributed by atoms with E-state index in [1.807, 2.05) is 31.2 Å². The number of nitrogens with one attached hydrogen (secondary N) is 1. The molecule has 0 saturated carbocycles. The molecule has 0 fully saturated rings. The molecule has 1 nitrogen and oxygen atoms in total. The molecule has 94 valence electrons. The van der Waals surface area contributed by atoms with Crippen LogP contribution in [0.25, 0.3) is 0 Å². The number of benzene rings is 2. The summed E-state index contributed by atoms with van der Waals surface area (Å²) in [7, 11) is 0. The highest BCUT2D eigenvalue weighted by Gasteiger charge is 2.05. The van der Waals surface area contributed by atoms with Crippen LogP contribution in [0, 0.1) is 12.7 Å². The third kappa shape index (κ3) is 3.03. The molecule has 0 heterocycles. The number of hydrogen-bond acceptors (Lipinski definition) is 1. The lowest BCUT2D eigenvalue weighted by Gasteiger charge is -2.11. The summed E-state index contributed by atoms with van der Waals surface area (Å²) < 4.78 is 14.4. The molecule has 2 rings (SSSR count). The zero-order valence-corrected chi connectivity index (χ0v) is 12.1. The Labute approximate surface area is 119 Å². The van der Waals surface area contributed by atoms with E-state index in [2.05, 4.69) is 21.2 Å².